The maximum Gasteiger partial charge on any atom is 0.320 e. The Morgan fingerprint density at radius 3 is 2.90 bits per heavy atom. The number of nitrogens with zero attached hydrogens (tertiary/aromatic N) is 2. The third-order valence-corrected chi connectivity index (χ3v) is 3.04. The lowest BCUT2D eigenvalue weighted by atomic mass is 10.1. The Bertz CT molecular complexity index is 738. The Morgan fingerprint density at radius 1 is 1.19 bits per heavy atom. The maximum atomic E-state index is 11.8. The molecule has 21 heavy (non-hydrogen) atoms. The van der Waals surface area contributed by atoms with Crippen LogP contribution < -0.4 is 10.6 Å². The Kier molecular flexibility index (Phi) is 3.77. The van der Waals surface area contributed by atoms with Crippen LogP contribution in [0, 0.1) is 0 Å². The summed E-state index contributed by atoms with van der Waals surface area (Å²) in [7, 11) is 0. The van der Waals surface area contributed by atoms with Crippen LogP contribution in [0.4, 0.5) is 10.6 Å². The van der Waals surface area contributed by atoms with Crippen LogP contribution in [0.15, 0.2) is 48.8 Å². The van der Waals surface area contributed by atoms with Crippen LogP contribution in [-0.2, 0) is 6.42 Å². The van der Waals surface area contributed by atoms with Crippen molar-refractivity contribution in [3.05, 3.63) is 54.4 Å². The third-order valence-electron chi connectivity index (χ3n) is 3.04. The van der Waals surface area contributed by atoms with E-state index in [0.29, 0.717) is 18.0 Å². The molecule has 0 radical (unpaired) electrons. The van der Waals surface area contributed by atoms with Crippen molar-refractivity contribution in [3.63, 3.8) is 0 Å². The van der Waals surface area contributed by atoms with E-state index < -0.39 is 0 Å². The van der Waals surface area contributed by atoms with Crippen LogP contribution in [0.3, 0.4) is 0 Å². The van der Waals surface area contributed by atoms with Gasteiger partial charge in [0.25, 0.3) is 0 Å². The third kappa shape index (κ3) is 3.36. The lowest BCUT2D eigenvalue weighted by Crippen LogP contribution is -2.30. The molecule has 0 aliphatic heterocycles. The molecule has 1 aromatic carbocycles. The van der Waals surface area contributed by atoms with E-state index in [-0.39, 0.29) is 6.03 Å². The highest BCUT2D eigenvalue weighted by Crippen LogP contribution is 2.09. The molecule has 106 valence electrons. The van der Waals surface area contributed by atoms with Crippen LogP contribution in [-0.4, -0.2) is 27.5 Å². The van der Waals surface area contributed by atoms with Crippen LogP contribution in [0.1, 0.15) is 5.56 Å². The fraction of sp³-hybridized carbons (Fsp3) is 0.133. The predicted molar refractivity (Wildman–Crippen MR) is 81.1 cm³/mol. The molecular formula is C15H15N5O. The van der Waals surface area contributed by atoms with Gasteiger partial charge in [-0.25, -0.2) is 14.8 Å². The Labute approximate surface area is 121 Å². The van der Waals surface area contributed by atoms with Crippen molar-refractivity contribution in [1.82, 2.24) is 20.3 Å². The molecule has 0 aliphatic rings. The topological polar surface area (TPSA) is 82.7 Å². The van der Waals surface area contributed by atoms with Crippen molar-refractivity contribution in [2.45, 2.75) is 6.42 Å². The molecule has 0 saturated carbocycles. The summed E-state index contributed by atoms with van der Waals surface area (Å²) in [6, 6.07) is 11.5. The standard InChI is InChI=1S/C15H15N5O/c21-15(17-8-6-11-4-2-1-3-5-11)20-13-10-18-14-12(19-13)7-9-16-14/h1-5,7,9-10H,6,8H2,(H,16,18)(H2,17,19,20,21). The second-order valence-corrected chi connectivity index (χ2v) is 4.58. The van der Waals surface area contributed by atoms with Crippen LogP contribution in [0.2, 0.25) is 0 Å². The number of H-pyrrole nitrogens is 1. The summed E-state index contributed by atoms with van der Waals surface area (Å²) in [5, 5.41) is 5.47. The van der Waals surface area contributed by atoms with Crippen molar-refractivity contribution in [1.29, 1.82) is 0 Å². The fourth-order valence-electron chi connectivity index (χ4n) is 2.02. The highest BCUT2D eigenvalue weighted by Gasteiger charge is 2.04. The zero-order valence-corrected chi connectivity index (χ0v) is 11.3. The smallest absolute Gasteiger partial charge is 0.320 e. The summed E-state index contributed by atoms with van der Waals surface area (Å²) < 4.78 is 0. The lowest BCUT2D eigenvalue weighted by molar-refractivity contribution is 0.252. The molecule has 3 aromatic rings. The number of rotatable bonds is 4. The van der Waals surface area contributed by atoms with Gasteiger partial charge in [0.2, 0.25) is 0 Å². The molecule has 0 unspecified atom stereocenters. The van der Waals surface area contributed by atoms with Crippen molar-refractivity contribution in [3.8, 4) is 0 Å². The monoisotopic (exact) mass is 281 g/mol. The Balaban J connectivity index is 1.51. The Morgan fingerprint density at radius 2 is 2.05 bits per heavy atom. The van der Waals surface area contributed by atoms with Crippen molar-refractivity contribution in [2.24, 2.45) is 0 Å². The molecular weight excluding hydrogens is 266 g/mol. The number of aromatic nitrogens is 3. The number of hydrogen-bond donors (Lipinski definition) is 3. The zero-order chi connectivity index (χ0) is 14.5. The van der Waals surface area contributed by atoms with Crippen molar-refractivity contribution < 1.29 is 4.79 Å². The fourth-order valence-corrected chi connectivity index (χ4v) is 2.02. The molecule has 0 saturated heterocycles. The van der Waals surface area contributed by atoms with Gasteiger partial charge in [-0.15, -0.1) is 0 Å². The molecule has 0 bridgehead atoms. The number of amides is 2. The van der Waals surface area contributed by atoms with Gasteiger partial charge in [0.15, 0.2) is 11.5 Å². The van der Waals surface area contributed by atoms with Gasteiger partial charge in [0, 0.05) is 12.7 Å². The van der Waals surface area contributed by atoms with Gasteiger partial charge in [-0.05, 0) is 18.1 Å². The summed E-state index contributed by atoms with van der Waals surface area (Å²) in [6.45, 7) is 0.565. The molecule has 2 heterocycles. The van der Waals surface area contributed by atoms with E-state index in [2.05, 4.69) is 25.6 Å². The number of hydrogen-bond acceptors (Lipinski definition) is 3. The number of fused-ring (bicyclic) bond motifs is 1. The van der Waals surface area contributed by atoms with Gasteiger partial charge in [-0.3, -0.25) is 5.32 Å². The molecule has 0 fully saturated rings. The first-order valence-corrected chi connectivity index (χ1v) is 6.70. The van der Waals surface area contributed by atoms with E-state index >= 15 is 0 Å². The first-order chi connectivity index (χ1) is 10.3. The normalized spacial score (nSPS) is 10.5. The van der Waals surface area contributed by atoms with Gasteiger partial charge >= 0.3 is 6.03 Å². The average Bonchev–Trinajstić information content (AvgIpc) is 2.96. The average molecular weight is 281 g/mol. The molecule has 3 rings (SSSR count). The number of urea groups is 1. The predicted octanol–water partition coefficient (Wildman–Crippen LogP) is 2.32. The summed E-state index contributed by atoms with van der Waals surface area (Å²) in [5.74, 6) is 0.430. The van der Waals surface area contributed by atoms with E-state index in [9.17, 15) is 4.79 Å². The minimum absolute atomic E-state index is 0.282. The van der Waals surface area contributed by atoms with E-state index in [1.165, 1.54) is 11.8 Å². The van der Waals surface area contributed by atoms with Crippen LogP contribution in [0.25, 0.3) is 11.2 Å². The van der Waals surface area contributed by atoms with Gasteiger partial charge in [0.05, 0.1) is 6.20 Å². The van der Waals surface area contributed by atoms with E-state index in [1.54, 1.807) is 12.3 Å². The first-order valence-electron chi connectivity index (χ1n) is 6.70. The first kappa shape index (κ1) is 13.1. The minimum atomic E-state index is -0.282. The lowest BCUT2D eigenvalue weighted by Gasteiger charge is -2.06. The van der Waals surface area contributed by atoms with E-state index in [1.807, 2.05) is 30.3 Å². The van der Waals surface area contributed by atoms with Gasteiger partial charge in [-0.1, -0.05) is 30.3 Å². The summed E-state index contributed by atoms with van der Waals surface area (Å²) in [6.07, 6.45) is 4.07. The highest BCUT2D eigenvalue weighted by atomic mass is 16.2. The largest absolute Gasteiger partial charge is 0.345 e. The molecule has 3 N–H and O–H groups in total. The summed E-state index contributed by atoms with van der Waals surface area (Å²) in [5.41, 5.74) is 2.61. The quantitative estimate of drug-likeness (QED) is 0.686. The molecule has 6 nitrogen and oxygen atoms in total. The van der Waals surface area contributed by atoms with Gasteiger partial charge in [-0.2, -0.15) is 0 Å². The van der Waals surface area contributed by atoms with Crippen LogP contribution in [0.5, 0.6) is 0 Å². The number of benzene rings is 1. The molecule has 6 heteroatoms. The number of anilines is 1. The second kappa shape index (κ2) is 6.04. The SMILES string of the molecule is O=C(NCCc1ccccc1)Nc1cnc2[nH]ccc2n1. The molecule has 0 atom stereocenters. The summed E-state index contributed by atoms with van der Waals surface area (Å²) in [4.78, 5) is 23.2. The molecule has 2 amide bonds. The number of carbonyl (C=O) groups is 1. The summed E-state index contributed by atoms with van der Waals surface area (Å²) >= 11 is 0. The molecule has 2 aromatic heterocycles. The molecule has 0 aliphatic carbocycles. The number of aromatic amines is 1. The number of nitrogens with one attached hydrogen (secondary N) is 3. The highest BCUT2D eigenvalue weighted by molar-refractivity contribution is 5.89. The minimum Gasteiger partial charge on any atom is -0.345 e. The number of carbonyl (C=O) groups excluding carboxylic acids is 1. The van der Waals surface area contributed by atoms with Crippen LogP contribution >= 0.6 is 0 Å². The van der Waals surface area contributed by atoms with E-state index in [4.69, 9.17) is 0 Å². The van der Waals surface area contributed by atoms with Gasteiger partial charge < -0.3 is 10.3 Å². The molecule has 0 spiro atoms. The van der Waals surface area contributed by atoms with E-state index in [0.717, 1.165) is 11.9 Å². The van der Waals surface area contributed by atoms with Crippen molar-refractivity contribution in [2.75, 3.05) is 11.9 Å². The van der Waals surface area contributed by atoms with Gasteiger partial charge in [0.1, 0.15) is 5.52 Å². The van der Waals surface area contributed by atoms with Crippen molar-refractivity contribution >= 4 is 23.0 Å². The zero-order valence-electron chi connectivity index (χ0n) is 11.3. The Hall–Kier alpha value is -2.89. The second-order valence-electron chi connectivity index (χ2n) is 4.58. The maximum absolute atomic E-state index is 11.8.